The Morgan fingerprint density at radius 3 is 2.88 bits per heavy atom. The third-order valence-corrected chi connectivity index (χ3v) is 8.74. The number of fused-ring (bicyclic) bond motifs is 2. The zero-order valence-electron chi connectivity index (χ0n) is 19.5. The summed E-state index contributed by atoms with van der Waals surface area (Å²) in [5, 5.41) is 5.01. The van der Waals surface area contributed by atoms with Crippen molar-refractivity contribution in [2.24, 2.45) is 5.73 Å². The number of nitrogens with zero attached hydrogens (tertiary/aromatic N) is 2. The highest BCUT2D eigenvalue weighted by molar-refractivity contribution is 7.13. The van der Waals surface area contributed by atoms with E-state index < -0.39 is 11.6 Å². The first-order valence-corrected chi connectivity index (χ1v) is 13.0. The summed E-state index contributed by atoms with van der Waals surface area (Å²) in [6.07, 6.45) is 5.81. The van der Waals surface area contributed by atoms with Crippen LogP contribution in [0.2, 0.25) is 5.02 Å². The number of halogens is 1. The number of H-pyrrole nitrogens is 1. The van der Waals surface area contributed by atoms with Gasteiger partial charge in [-0.3, -0.25) is 9.59 Å². The second-order valence-corrected chi connectivity index (χ2v) is 11.3. The molecule has 1 amide bonds. The Morgan fingerprint density at radius 2 is 2.09 bits per heavy atom. The van der Waals surface area contributed by atoms with E-state index in [1.807, 2.05) is 12.1 Å². The molecule has 0 aliphatic heterocycles. The SMILES string of the molecule is CN(C)C1CCc2sc(C(=O)NC3CCCCC3(N)C(=O)c3cc4cc(Cl)ccc4[nH]3)nc2C1. The van der Waals surface area contributed by atoms with Crippen molar-refractivity contribution in [3.8, 4) is 0 Å². The summed E-state index contributed by atoms with van der Waals surface area (Å²) in [5.74, 6) is -0.421. The Labute approximate surface area is 208 Å². The van der Waals surface area contributed by atoms with E-state index in [0.29, 0.717) is 34.6 Å². The normalized spacial score (nSPS) is 24.9. The van der Waals surface area contributed by atoms with Crippen molar-refractivity contribution in [1.29, 1.82) is 0 Å². The summed E-state index contributed by atoms with van der Waals surface area (Å²) >= 11 is 7.57. The smallest absolute Gasteiger partial charge is 0.280 e. The topological polar surface area (TPSA) is 104 Å². The number of amides is 1. The number of ketones is 1. The largest absolute Gasteiger partial charge is 0.352 e. The zero-order valence-corrected chi connectivity index (χ0v) is 21.1. The molecule has 0 bridgehead atoms. The average molecular weight is 500 g/mol. The molecule has 180 valence electrons. The summed E-state index contributed by atoms with van der Waals surface area (Å²) in [4.78, 5) is 38.1. The number of carbonyl (C=O) groups is 2. The third-order valence-electron chi connectivity index (χ3n) is 7.35. The number of nitrogens with one attached hydrogen (secondary N) is 2. The molecule has 2 aliphatic carbocycles. The monoisotopic (exact) mass is 499 g/mol. The first-order valence-electron chi connectivity index (χ1n) is 11.8. The molecule has 0 radical (unpaired) electrons. The van der Waals surface area contributed by atoms with Gasteiger partial charge in [-0.25, -0.2) is 4.98 Å². The number of aryl methyl sites for hydroxylation is 1. The first kappa shape index (κ1) is 23.5. The van der Waals surface area contributed by atoms with Gasteiger partial charge in [0.2, 0.25) is 5.78 Å². The van der Waals surface area contributed by atoms with Crippen LogP contribution in [0.3, 0.4) is 0 Å². The van der Waals surface area contributed by atoms with Crippen molar-refractivity contribution < 1.29 is 9.59 Å². The molecule has 9 heteroatoms. The number of aromatic nitrogens is 2. The molecular formula is C25H30ClN5O2S. The quantitative estimate of drug-likeness (QED) is 0.461. The maximum absolute atomic E-state index is 13.6. The number of likely N-dealkylation sites (N-methyl/N-ethyl adjacent to an activating group) is 1. The molecule has 2 heterocycles. The second-order valence-electron chi connectivity index (χ2n) is 9.81. The Bertz CT molecular complexity index is 1250. The van der Waals surface area contributed by atoms with Gasteiger partial charge in [0.15, 0.2) is 5.01 Å². The van der Waals surface area contributed by atoms with Crippen molar-refractivity contribution in [2.45, 2.75) is 62.6 Å². The fourth-order valence-corrected chi connectivity index (χ4v) is 6.45. The summed E-state index contributed by atoms with van der Waals surface area (Å²) in [6, 6.07) is 7.24. The van der Waals surface area contributed by atoms with Crippen LogP contribution in [0, 0.1) is 0 Å². The number of hydrogen-bond donors (Lipinski definition) is 3. The van der Waals surface area contributed by atoms with Crippen LogP contribution in [-0.4, -0.2) is 58.3 Å². The molecule has 7 nitrogen and oxygen atoms in total. The van der Waals surface area contributed by atoms with Crippen molar-refractivity contribution >= 4 is 45.5 Å². The Balaban J connectivity index is 1.36. The van der Waals surface area contributed by atoms with E-state index in [4.69, 9.17) is 17.3 Å². The third kappa shape index (κ3) is 4.28. The van der Waals surface area contributed by atoms with Gasteiger partial charge in [-0.2, -0.15) is 0 Å². The molecule has 1 saturated carbocycles. The number of benzene rings is 1. The standard InChI is InChI=1S/C25H30ClN5O2S/c1-31(2)16-7-9-20-18(13-16)29-24(34-20)23(33)30-21-5-3-4-10-25(21,27)22(32)19-12-14-11-15(26)6-8-17(14)28-19/h6,8,11-12,16,21,28H,3-5,7,9-10,13,27H2,1-2H3,(H,30,33). The van der Waals surface area contributed by atoms with Crippen LogP contribution in [0.25, 0.3) is 10.9 Å². The molecule has 5 rings (SSSR count). The maximum Gasteiger partial charge on any atom is 0.280 e. The molecule has 0 spiro atoms. The van der Waals surface area contributed by atoms with Crippen molar-refractivity contribution in [3.63, 3.8) is 0 Å². The first-order chi connectivity index (χ1) is 16.2. The van der Waals surface area contributed by atoms with Gasteiger partial charge >= 0.3 is 0 Å². The molecule has 2 aliphatic rings. The van der Waals surface area contributed by atoms with Crippen molar-refractivity contribution in [2.75, 3.05) is 14.1 Å². The number of Topliss-reactive ketones (excluding diaryl/α,β-unsaturated/α-hetero) is 1. The lowest BCUT2D eigenvalue weighted by Gasteiger charge is -2.39. The highest BCUT2D eigenvalue weighted by Gasteiger charge is 2.45. The number of rotatable bonds is 5. The van der Waals surface area contributed by atoms with E-state index in [9.17, 15) is 9.59 Å². The molecule has 1 fully saturated rings. The average Bonchev–Trinajstić information content (AvgIpc) is 3.43. The molecule has 3 atom stereocenters. The lowest BCUT2D eigenvalue weighted by atomic mass is 9.74. The highest BCUT2D eigenvalue weighted by atomic mass is 35.5. The minimum absolute atomic E-state index is 0.183. The van der Waals surface area contributed by atoms with Crippen LogP contribution >= 0.6 is 22.9 Å². The van der Waals surface area contributed by atoms with Gasteiger partial charge in [0, 0.05) is 33.3 Å². The number of nitrogens with two attached hydrogens (primary N) is 1. The van der Waals surface area contributed by atoms with Crippen molar-refractivity contribution in [3.05, 3.63) is 50.6 Å². The van der Waals surface area contributed by atoms with Crippen LogP contribution in [0.5, 0.6) is 0 Å². The van der Waals surface area contributed by atoms with Gasteiger partial charge in [-0.15, -0.1) is 11.3 Å². The predicted molar refractivity (Wildman–Crippen MR) is 136 cm³/mol. The molecule has 4 N–H and O–H groups in total. The van der Waals surface area contributed by atoms with E-state index in [-0.39, 0.29) is 11.7 Å². The van der Waals surface area contributed by atoms with E-state index >= 15 is 0 Å². The second kappa shape index (κ2) is 9.07. The molecule has 0 saturated heterocycles. The van der Waals surface area contributed by atoms with Crippen LogP contribution in [0.4, 0.5) is 0 Å². The van der Waals surface area contributed by atoms with E-state index in [1.54, 1.807) is 12.1 Å². The summed E-state index contributed by atoms with van der Waals surface area (Å²) in [6.45, 7) is 0. The Kier molecular flexibility index (Phi) is 6.27. The number of carbonyl (C=O) groups excluding carboxylic acids is 2. The van der Waals surface area contributed by atoms with Crippen LogP contribution in [0.15, 0.2) is 24.3 Å². The maximum atomic E-state index is 13.6. The Hall–Kier alpha value is -2.26. The van der Waals surface area contributed by atoms with Gasteiger partial charge in [-0.1, -0.05) is 24.4 Å². The van der Waals surface area contributed by atoms with Gasteiger partial charge < -0.3 is 20.9 Å². The number of hydrogen-bond acceptors (Lipinski definition) is 6. The highest BCUT2D eigenvalue weighted by Crippen LogP contribution is 2.33. The van der Waals surface area contributed by atoms with Gasteiger partial charge in [-0.05, 0) is 64.0 Å². The molecular weight excluding hydrogens is 470 g/mol. The van der Waals surface area contributed by atoms with E-state index in [2.05, 4.69) is 34.3 Å². The predicted octanol–water partition coefficient (Wildman–Crippen LogP) is 3.95. The molecule has 2 aromatic heterocycles. The van der Waals surface area contributed by atoms with Crippen LogP contribution < -0.4 is 11.1 Å². The lowest BCUT2D eigenvalue weighted by Crippen LogP contribution is -2.64. The van der Waals surface area contributed by atoms with E-state index in [0.717, 1.165) is 48.7 Å². The lowest BCUT2D eigenvalue weighted by molar-refractivity contribution is 0.0755. The summed E-state index contributed by atoms with van der Waals surface area (Å²) in [7, 11) is 4.16. The number of thiazole rings is 1. The zero-order chi connectivity index (χ0) is 24.0. The van der Waals surface area contributed by atoms with Gasteiger partial charge in [0.1, 0.15) is 5.54 Å². The molecule has 34 heavy (non-hydrogen) atoms. The molecule has 3 aromatic rings. The fourth-order valence-electron chi connectivity index (χ4n) is 5.27. The van der Waals surface area contributed by atoms with Crippen LogP contribution in [0.1, 0.15) is 63.0 Å². The summed E-state index contributed by atoms with van der Waals surface area (Å²) in [5.41, 5.74) is 7.90. The Morgan fingerprint density at radius 1 is 1.26 bits per heavy atom. The fraction of sp³-hybridized carbons (Fsp3) is 0.480. The van der Waals surface area contributed by atoms with Gasteiger partial charge in [0.05, 0.1) is 17.4 Å². The van der Waals surface area contributed by atoms with Crippen molar-refractivity contribution in [1.82, 2.24) is 20.2 Å². The molecule has 3 unspecified atom stereocenters. The number of aromatic amines is 1. The van der Waals surface area contributed by atoms with Gasteiger partial charge in [0.25, 0.3) is 5.91 Å². The molecule has 1 aromatic carbocycles. The van der Waals surface area contributed by atoms with Crippen LogP contribution in [-0.2, 0) is 12.8 Å². The minimum atomic E-state index is -1.18. The minimum Gasteiger partial charge on any atom is -0.352 e. The summed E-state index contributed by atoms with van der Waals surface area (Å²) < 4.78 is 0. The van der Waals surface area contributed by atoms with E-state index in [1.165, 1.54) is 16.2 Å².